The van der Waals surface area contributed by atoms with Crippen LogP contribution in [0.15, 0.2) is 54.6 Å². The van der Waals surface area contributed by atoms with Gasteiger partial charge in [0.05, 0.1) is 30.4 Å². The highest BCUT2D eigenvalue weighted by Crippen LogP contribution is 2.23. The van der Waals surface area contributed by atoms with Crippen LogP contribution in [-0.4, -0.2) is 43.0 Å². The Morgan fingerprint density at radius 1 is 1.04 bits per heavy atom. The monoisotopic (exact) mass is 367 g/mol. The van der Waals surface area contributed by atoms with Gasteiger partial charge in [0.15, 0.2) is 0 Å². The minimum Gasteiger partial charge on any atom is -0.378 e. The van der Waals surface area contributed by atoms with Crippen LogP contribution < -0.4 is 11.1 Å². The predicted octanol–water partition coefficient (Wildman–Crippen LogP) is 2.43. The fourth-order valence-corrected chi connectivity index (χ4v) is 3.09. The maximum atomic E-state index is 12.8. The van der Waals surface area contributed by atoms with E-state index in [1.165, 1.54) is 0 Å². The van der Waals surface area contributed by atoms with Gasteiger partial charge in [-0.2, -0.15) is 0 Å². The van der Waals surface area contributed by atoms with E-state index in [1.54, 1.807) is 36.1 Å². The van der Waals surface area contributed by atoms with Crippen molar-refractivity contribution in [2.75, 3.05) is 31.6 Å². The summed E-state index contributed by atoms with van der Waals surface area (Å²) >= 11 is 0. The van der Waals surface area contributed by atoms with Gasteiger partial charge >= 0.3 is 0 Å². The number of rotatable bonds is 5. The number of benzene rings is 2. The lowest BCUT2D eigenvalue weighted by atomic mass is 9.94. The molecule has 2 unspecified atom stereocenters. The number of amides is 2. The Morgan fingerprint density at radius 2 is 1.67 bits per heavy atom. The third-order valence-corrected chi connectivity index (χ3v) is 4.85. The van der Waals surface area contributed by atoms with Crippen LogP contribution in [0.5, 0.6) is 0 Å². The lowest BCUT2D eigenvalue weighted by Crippen LogP contribution is -2.41. The number of carbonyl (C=O) groups is 2. The van der Waals surface area contributed by atoms with Gasteiger partial charge in [-0.1, -0.05) is 49.4 Å². The molecular formula is C21H25N3O3. The molecule has 1 fully saturated rings. The molecule has 0 radical (unpaired) electrons. The Balaban J connectivity index is 1.73. The summed E-state index contributed by atoms with van der Waals surface area (Å²) in [5.41, 5.74) is 8.14. The summed E-state index contributed by atoms with van der Waals surface area (Å²) in [6, 6.07) is 16.2. The Hall–Kier alpha value is -2.70. The molecule has 1 aliphatic heterocycles. The van der Waals surface area contributed by atoms with E-state index >= 15 is 0 Å². The molecule has 0 aromatic heterocycles. The lowest BCUT2D eigenvalue weighted by Gasteiger charge is -2.28. The molecule has 0 aliphatic carbocycles. The molecule has 1 aliphatic rings. The summed E-state index contributed by atoms with van der Waals surface area (Å²) in [6.07, 6.45) is 0. The summed E-state index contributed by atoms with van der Waals surface area (Å²) in [4.78, 5) is 27.3. The average Bonchev–Trinajstić information content (AvgIpc) is 2.73. The highest BCUT2D eigenvalue weighted by Gasteiger charge is 2.25. The third kappa shape index (κ3) is 4.53. The largest absolute Gasteiger partial charge is 0.378 e. The fourth-order valence-electron chi connectivity index (χ4n) is 3.09. The summed E-state index contributed by atoms with van der Waals surface area (Å²) in [5, 5.41) is 2.88. The molecule has 1 saturated heterocycles. The molecule has 1 heterocycles. The van der Waals surface area contributed by atoms with Crippen LogP contribution in [0.3, 0.4) is 0 Å². The van der Waals surface area contributed by atoms with Gasteiger partial charge in [0.2, 0.25) is 5.91 Å². The second-order valence-electron chi connectivity index (χ2n) is 6.66. The number of nitrogens with one attached hydrogen (secondary N) is 1. The predicted molar refractivity (Wildman–Crippen MR) is 104 cm³/mol. The first-order chi connectivity index (χ1) is 13.1. The zero-order chi connectivity index (χ0) is 19.2. The van der Waals surface area contributed by atoms with Crippen LogP contribution in [0, 0.1) is 5.92 Å². The highest BCUT2D eigenvalue weighted by atomic mass is 16.5. The SMILES string of the molecule is CC(C(=O)Nc1ccccc1C(=O)N1CCOCC1)C(N)c1ccccc1. The molecule has 2 aromatic carbocycles. The first-order valence-electron chi connectivity index (χ1n) is 9.15. The Morgan fingerprint density at radius 3 is 2.37 bits per heavy atom. The summed E-state index contributed by atoms with van der Waals surface area (Å²) < 4.78 is 5.30. The number of nitrogens with zero attached hydrogens (tertiary/aromatic N) is 1. The Labute approximate surface area is 159 Å². The molecule has 2 atom stereocenters. The average molecular weight is 367 g/mol. The van der Waals surface area contributed by atoms with Crippen molar-refractivity contribution < 1.29 is 14.3 Å². The molecule has 6 heteroatoms. The van der Waals surface area contributed by atoms with Gasteiger partial charge in [0.1, 0.15) is 0 Å². The molecule has 0 bridgehead atoms. The maximum absolute atomic E-state index is 12.8. The fraction of sp³-hybridized carbons (Fsp3) is 0.333. The van der Waals surface area contributed by atoms with Crippen molar-refractivity contribution in [3.8, 4) is 0 Å². The van der Waals surface area contributed by atoms with Gasteiger partial charge in [-0.3, -0.25) is 9.59 Å². The van der Waals surface area contributed by atoms with E-state index in [4.69, 9.17) is 10.5 Å². The smallest absolute Gasteiger partial charge is 0.256 e. The van der Waals surface area contributed by atoms with Crippen molar-refractivity contribution in [2.24, 2.45) is 11.7 Å². The summed E-state index contributed by atoms with van der Waals surface area (Å²) in [6.45, 7) is 3.96. The molecule has 0 saturated carbocycles. The van der Waals surface area contributed by atoms with Crippen molar-refractivity contribution in [3.05, 3.63) is 65.7 Å². The molecule has 3 N–H and O–H groups in total. The second kappa shape index (κ2) is 8.79. The number of nitrogens with two attached hydrogens (primary N) is 1. The summed E-state index contributed by atoms with van der Waals surface area (Å²) in [7, 11) is 0. The molecule has 142 valence electrons. The first-order valence-corrected chi connectivity index (χ1v) is 9.15. The zero-order valence-electron chi connectivity index (χ0n) is 15.4. The topological polar surface area (TPSA) is 84.7 Å². The van der Waals surface area contributed by atoms with Gasteiger partial charge in [-0.15, -0.1) is 0 Å². The minimum atomic E-state index is -0.445. The van der Waals surface area contributed by atoms with E-state index in [1.807, 2.05) is 30.3 Å². The van der Waals surface area contributed by atoms with Crippen LogP contribution in [0.25, 0.3) is 0 Å². The summed E-state index contributed by atoms with van der Waals surface area (Å²) in [5.74, 6) is -0.762. The van der Waals surface area contributed by atoms with E-state index in [0.717, 1.165) is 5.56 Å². The van der Waals surface area contributed by atoms with Gasteiger partial charge < -0.3 is 20.7 Å². The van der Waals surface area contributed by atoms with E-state index in [-0.39, 0.29) is 11.8 Å². The van der Waals surface area contributed by atoms with Crippen LogP contribution in [0.4, 0.5) is 5.69 Å². The van der Waals surface area contributed by atoms with E-state index in [2.05, 4.69) is 5.32 Å². The molecule has 2 aromatic rings. The Kier molecular flexibility index (Phi) is 6.21. The van der Waals surface area contributed by atoms with Crippen molar-refractivity contribution in [3.63, 3.8) is 0 Å². The maximum Gasteiger partial charge on any atom is 0.256 e. The number of ether oxygens (including phenoxy) is 1. The highest BCUT2D eigenvalue weighted by molar-refractivity contribution is 6.04. The van der Waals surface area contributed by atoms with Crippen LogP contribution in [0.1, 0.15) is 28.9 Å². The first kappa shape index (κ1) is 19.1. The lowest BCUT2D eigenvalue weighted by molar-refractivity contribution is -0.120. The van der Waals surface area contributed by atoms with Crippen LogP contribution in [-0.2, 0) is 9.53 Å². The van der Waals surface area contributed by atoms with Crippen molar-refractivity contribution in [2.45, 2.75) is 13.0 Å². The number of para-hydroxylation sites is 1. The molecule has 0 spiro atoms. The van der Waals surface area contributed by atoms with Gasteiger partial charge in [0.25, 0.3) is 5.91 Å². The second-order valence-corrected chi connectivity index (χ2v) is 6.66. The normalized spacial score (nSPS) is 16.4. The number of carbonyl (C=O) groups excluding carboxylic acids is 2. The number of morpholine rings is 1. The van der Waals surface area contributed by atoms with Crippen molar-refractivity contribution in [1.29, 1.82) is 0 Å². The standard InChI is InChI=1S/C21H25N3O3/c1-15(19(22)16-7-3-2-4-8-16)20(25)23-18-10-6-5-9-17(18)21(26)24-11-13-27-14-12-24/h2-10,15,19H,11-14,22H2,1H3,(H,23,25). The molecule has 3 rings (SSSR count). The van der Waals surface area contributed by atoms with E-state index in [9.17, 15) is 9.59 Å². The number of hydrogen-bond acceptors (Lipinski definition) is 4. The van der Waals surface area contributed by atoms with Crippen LogP contribution >= 0.6 is 0 Å². The third-order valence-electron chi connectivity index (χ3n) is 4.85. The van der Waals surface area contributed by atoms with Gasteiger partial charge in [-0.25, -0.2) is 0 Å². The van der Waals surface area contributed by atoms with Crippen molar-refractivity contribution in [1.82, 2.24) is 4.90 Å². The molecular weight excluding hydrogens is 342 g/mol. The number of hydrogen-bond donors (Lipinski definition) is 2. The molecule has 2 amide bonds. The zero-order valence-corrected chi connectivity index (χ0v) is 15.4. The Bertz CT molecular complexity index is 788. The van der Waals surface area contributed by atoms with Crippen LogP contribution in [0.2, 0.25) is 0 Å². The quantitative estimate of drug-likeness (QED) is 0.850. The molecule has 6 nitrogen and oxygen atoms in total. The van der Waals surface area contributed by atoms with E-state index < -0.39 is 12.0 Å². The van der Waals surface area contributed by atoms with Crippen molar-refractivity contribution >= 4 is 17.5 Å². The van der Waals surface area contributed by atoms with E-state index in [0.29, 0.717) is 37.6 Å². The number of anilines is 1. The van der Waals surface area contributed by atoms with Gasteiger partial charge in [0, 0.05) is 19.1 Å². The van der Waals surface area contributed by atoms with Gasteiger partial charge in [-0.05, 0) is 17.7 Å². The minimum absolute atomic E-state index is 0.103. The molecule has 27 heavy (non-hydrogen) atoms.